The van der Waals surface area contributed by atoms with Crippen LogP contribution in [-0.2, 0) is 24.2 Å². The average molecular weight is 596 g/mol. The number of anilines is 1. The van der Waals surface area contributed by atoms with E-state index in [9.17, 15) is 19.8 Å². The van der Waals surface area contributed by atoms with Crippen molar-refractivity contribution in [2.24, 2.45) is 0 Å². The van der Waals surface area contributed by atoms with Crippen LogP contribution in [0, 0.1) is 0 Å². The molecule has 0 spiro atoms. The van der Waals surface area contributed by atoms with Crippen LogP contribution in [0.25, 0.3) is 0 Å². The lowest BCUT2D eigenvalue weighted by Gasteiger charge is -2.20. The molecule has 0 aliphatic carbocycles. The Morgan fingerprint density at radius 2 is 1.57 bits per heavy atom. The third-order valence-corrected chi connectivity index (χ3v) is 7.43. The standard InChI is InChI=1S/C35H41N5O4/c1-23(37-22-31(41)30-15-16-32(36)38-21-30)17-26-7-6-8-27(18-26)19-33(42)39-20-25-11-13-29(14-12-25)35(44)40-24(2)34(43)28-9-4-3-5-10-28/h3-16,18,21,23-24,31,34,37,41,43H,17,19-20,22H2,1-2H3,(H2,36,38)(H,39,42)(H,40,44). The summed E-state index contributed by atoms with van der Waals surface area (Å²) in [5.74, 6) is 0.0422. The molecular formula is C35H41N5O4. The minimum absolute atomic E-state index is 0.0981. The van der Waals surface area contributed by atoms with Crippen molar-refractivity contribution in [3.05, 3.63) is 131 Å². The zero-order valence-electron chi connectivity index (χ0n) is 25.1. The smallest absolute Gasteiger partial charge is 0.251 e. The van der Waals surface area contributed by atoms with Gasteiger partial charge >= 0.3 is 0 Å². The molecule has 1 aromatic heterocycles. The topological polar surface area (TPSA) is 150 Å². The lowest BCUT2D eigenvalue weighted by molar-refractivity contribution is -0.120. The van der Waals surface area contributed by atoms with E-state index in [1.807, 2.05) is 66.7 Å². The molecular weight excluding hydrogens is 554 g/mol. The van der Waals surface area contributed by atoms with Gasteiger partial charge in [0.1, 0.15) is 5.82 Å². The van der Waals surface area contributed by atoms with Crippen molar-refractivity contribution in [1.29, 1.82) is 0 Å². The van der Waals surface area contributed by atoms with Crippen LogP contribution in [0.5, 0.6) is 0 Å². The van der Waals surface area contributed by atoms with E-state index >= 15 is 0 Å². The number of aliphatic hydroxyl groups excluding tert-OH is 2. The molecule has 0 radical (unpaired) electrons. The predicted octanol–water partition coefficient (Wildman–Crippen LogP) is 3.63. The molecule has 9 heteroatoms. The van der Waals surface area contributed by atoms with Gasteiger partial charge in [-0.1, -0.05) is 72.8 Å². The molecule has 1 heterocycles. The summed E-state index contributed by atoms with van der Waals surface area (Å²) >= 11 is 0. The molecule has 4 rings (SSSR count). The first-order valence-corrected chi connectivity index (χ1v) is 14.8. The highest BCUT2D eigenvalue weighted by Crippen LogP contribution is 2.17. The van der Waals surface area contributed by atoms with Crippen LogP contribution in [0.2, 0.25) is 0 Å². The fourth-order valence-corrected chi connectivity index (χ4v) is 4.87. The van der Waals surface area contributed by atoms with Crippen LogP contribution < -0.4 is 21.7 Å². The number of amides is 2. The van der Waals surface area contributed by atoms with Gasteiger partial charge in [-0.3, -0.25) is 9.59 Å². The lowest BCUT2D eigenvalue weighted by Crippen LogP contribution is -2.37. The molecule has 0 aliphatic rings. The number of hydrogen-bond donors (Lipinski definition) is 6. The molecule has 0 aliphatic heterocycles. The van der Waals surface area contributed by atoms with Gasteiger partial charge in [0, 0.05) is 36.5 Å². The molecule has 9 nitrogen and oxygen atoms in total. The summed E-state index contributed by atoms with van der Waals surface area (Å²) in [6, 6.07) is 27.3. The number of nitrogens with zero attached hydrogens (tertiary/aromatic N) is 1. The number of aromatic nitrogens is 1. The number of hydrogen-bond acceptors (Lipinski definition) is 7. The highest BCUT2D eigenvalue weighted by Gasteiger charge is 2.19. The van der Waals surface area contributed by atoms with Gasteiger partial charge in [0.15, 0.2) is 0 Å². The maximum Gasteiger partial charge on any atom is 0.251 e. The summed E-state index contributed by atoms with van der Waals surface area (Å²) in [5, 5.41) is 30.1. The maximum absolute atomic E-state index is 12.7. The fourth-order valence-electron chi connectivity index (χ4n) is 4.87. The monoisotopic (exact) mass is 595 g/mol. The molecule has 44 heavy (non-hydrogen) atoms. The summed E-state index contributed by atoms with van der Waals surface area (Å²) in [7, 11) is 0. The van der Waals surface area contributed by atoms with Gasteiger partial charge in [0.05, 0.1) is 24.7 Å². The van der Waals surface area contributed by atoms with Gasteiger partial charge in [0.25, 0.3) is 5.91 Å². The molecule has 2 amide bonds. The van der Waals surface area contributed by atoms with E-state index in [0.29, 0.717) is 30.0 Å². The molecule has 230 valence electrons. The summed E-state index contributed by atoms with van der Waals surface area (Å²) in [6.45, 7) is 4.55. The molecule has 0 saturated heterocycles. The number of rotatable bonds is 14. The summed E-state index contributed by atoms with van der Waals surface area (Å²) in [4.78, 5) is 29.4. The van der Waals surface area contributed by atoms with E-state index in [4.69, 9.17) is 5.73 Å². The Hall–Kier alpha value is -4.57. The normalized spacial score (nSPS) is 13.8. The van der Waals surface area contributed by atoms with Crippen molar-refractivity contribution in [1.82, 2.24) is 20.9 Å². The zero-order valence-corrected chi connectivity index (χ0v) is 25.1. The van der Waals surface area contributed by atoms with Crippen LogP contribution in [0.15, 0.2) is 97.2 Å². The van der Waals surface area contributed by atoms with Gasteiger partial charge in [-0.25, -0.2) is 4.98 Å². The van der Waals surface area contributed by atoms with Crippen LogP contribution >= 0.6 is 0 Å². The quantitative estimate of drug-likeness (QED) is 0.130. The Labute approximate surface area is 258 Å². The van der Waals surface area contributed by atoms with E-state index in [2.05, 4.69) is 27.9 Å². The molecule has 4 aromatic rings. The van der Waals surface area contributed by atoms with Gasteiger partial charge in [-0.05, 0) is 60.7 Å². The number of pyridine rings is 1. The van der Waals surface area contributed by atoms with Crippen molar-refractivity contribution < 1.29 is 19.8 Å². The first kappa shape index (κ1) is 32.3. The Balaban J connectivity index is 1.20. The minimum Gasteiger partial charge on any atom is -0.387 e. The molecule has 0 saturated carbocycles. The third kappa shape index (κ3) is 9.74. The van der Waals surface area contributed by atoms with Crippen molar-refractivity contribution in [2.75, 3.05) is 12.3 Å². The Morgan fingerprint density at radius 1 is 0.841 bits per heavy atom. The number of carbonyl (C=O) groups is 2. The molecule has 0 bridgehead atoms. The van der Waals surface area contributed by atoms with E-state index in [-0.39, 0.29) is 24.3 Å². The number of carbonyl (C=O) groups excluding carboxylic acids is 2. The van der Waals surface area contributed by atoms with Crippen LogP contribution in [-0.4, -0.2) is 45.6 Å². The fraction of sp³-hybridized carbons (Fsp3) is 0.286. The SMILES string of the molecule is CC(Cc1cccc(CC(=O)NCc2ccc(C(=O)NC(C)C(O)c3ccccc3)cc2)c1)NCC(O)c1ccc(N)nc1. The highest BCUT2D eigenvalue weighted by atomic mass is 16.3. The van der Waals surface area contributed by atoms with Crippen molar-refractivity contribution >= 4 is 17.6 Å². The Kier molecular flexibility index (Phi) is 11.6. The van der Waals surface area contributed by atoms with Gasteiger partial charge in [0.2, 0.25) is 5.91 Å². The molecule has 3 aromatic carbocycles. The number of nitrogens with two attached hydrogens (primary N) is 1. The van der Waals surface area contributed by atoms with Crippen LogP contribution in [0.3, 0.4) is 0 Å². The zero-order chi connectivity index (χ0) is 31.5. The van der Waals surface area contributed by atoms with Gasteiger partial charge in [-0.2, -0.15) is 0 Å². The van der Waals surface area contributed by atoms with Crippen molar-refractivity contribution in [3.63, 3.8) is 0 Å². The molecule has 0 fully saturated rings. The van der Waals surface area contributed by atoms with Crippen molar-refractivity contribution in [2.45, 2.75) is 57.5 Å². The summed E-state index contributed by atoms with van der Waals surface area (Å²) < 4.78 is 0. The first-order chi connectivity index (χ1) is 21.2. The summed E-state index contributed by atoms with van der Waals surface area (Å²) in [5.41, 5.74) is 10.4. The van der Waals surface area contributed by atoms with Crippen LogP contribution in [0.4, 0.5) is 5.82 Å². The Morgan fingerprint density at radius 3 is 2.27 bits per heavy atom. The van der Waals surface area contributed by atoms with E-state index in [1.165, 1.54) is 0 Å². The minimum atomic E-state index is -0.812. The van der Waals surface area contributed by atoms with E-state index in [1.54, 1.807) is 37.4 Å². The number of nitrogen functional groups attached to an aromatic ring is 1. The molecule has 4 unspecified atom stereocenters. The van der Waals surface area contributed by atoms with Crippen molar-refractivity contribution in [3.8, 4) is 0 Å². The number of aliphatic hydroxyl groups is 2. The second-order valence-corrected chi connectivity index (χ2v) is 11.1. The number of benzene rings is 3. The van der Waals surface area contributed by atoms with Gasteiger partial charge in [-0.15, -0.1) is 0 Å². The molecule has 4 atom stereocenters. The van der Waals surface area contributed by atoms with Gasteiger partial charge < -0.3 is 31.9 Å². The molecule has 7 N–H and O–H groups in total. The first-order valence-electron chi connectivity index (χ1n) is 14.8. The second kappa shape index (κ2) is 15.8. The third-order valence-electron chi connectivity index (χ3n) is 7.43. The summed E-state index contributed by atoms with van der Waals surface area (Å²) in [6.07, 6.45) is 1.08. The van der Waals surface area contributed by atoms with Crippen LogP contribution in [0.1, 0.15) is 64.2 Å². The predicted molar refractivity (Wildman–Crippen MR) is 172 cm³/mol. The Bertz CT molecular complexity index is 1500. The lowest BCUT2D eigenvalue weighted by atomic mass is 10.0. The number of nitrogens with one attached hydrogen (secondary N) is 3. The average Bonchev–Trinajstić information content (AvgIpc) is 3.03. The maximum atomic E-state index is 12.7. The highest BCUT2D eigenvalue weighted by molar-refractivity contribution is 5.94. The second-order valence-electron chi connectivity index (χ2n) is 11.1. The van der Waals surface area contributed by atoms with E-state index in [0.717, 1.165) is 28.7 Å². The largest absolute Gasteiger partial charge is 0.387 e. The van der Waals surface area contributed by atoms with E-state index < -0.39 is 18.2 Å².